The molecule has 2 aliphatic rings. The van der Waals surface area contributed by atoms with Crippen LogP contribution in [0.5, 0.6) is 0 Å². The molecule has 2 fully saturated rings. The van der Waals surface area contributed by atoms with Crippen LogP contribution >= 0.6 is 0 Å². The Labute approximate surface area is 109 Å². The van der Waals surface area contributed by atoms with Gasteiger partial charge in [0.05, 0.1) is 0 Å². The molecule has 2 saturated carbocycles. The molecule has 112 valence electrons. The number of halogens is 4. The van der Waals surface area contributed by atoms with Crippen LogP contribution in [0.3, 0.4) is 0 Å². The molecule has 2 rings (SSSR count). The van der Waals surface area contributed by atoms with Crippen LogP contribution in [0.15, 0.2) is 0 Å². The van der Waals surface area contributed by atoms with Crippen molar-refractivity contribution in [2.75, 3.05) is 0 Å². The summed E-state index contributed by atoms with van der Waals surface area (Å²) in [5.41, 5.74) is 0. The van der Waals surface area contributed by atoms with Crippen molar-refractivity contribution in [1.82, 2.24) is 0 Å². The highest BCUT2D eigenvalue weighted by Crippen LogP contribution is 2.51. The molecule has 3 unspecified atom stereocenters. The van der Waals surface area contributed by atoms with Crippen LogP contribution in [-0.2, 0) is 10.1 Å². The molecule has 3 atom stereocenters. The van der Waals surface area contributed by atoms with Crippen molar-refractivity contribution in [2.24, 2.45) is 17.8 Å². The molecule has 0 saturated heterocycles. The zero-order valence-corrected chi connectivity index (χ0v) is 11.0. The first-order valence-corrected chi connectivity index (χ1v) is 7.71. The number of alkyl halides is 4. The maximum Gasteiger partial charge on any atom is 0.431 e. The van der Waals surface area contributed by atoms with E-state index in [4.69, 9.17) is 4.55 Å². The second-order valence-corrected chi connectivity index (χ2v) is 7.13. The Morgan fingerprint density at radius 1 is 1.11 bits per heavy atom. The van der Waals surface area contributed by atoms with Gasteiger partial charge in [-0.2, -0.15) is 26.0 Å². The molecule has 0 aliphatic heterocycles. The topological polar surface area (TPSA) is 54.4 Å². The molecule has 0 heterocycles. The molecule has 8 heteroatoms. The lowest BCUT2D eigenvalue weighted by Gasteiger charge is -2.27. The molecule has 2 aliphatic carbocycles. The van der Waals surface area contributed by atoms with Gasteiger partial charge in [0.25, 0.3) is 0 Å². The van der Waals surface area contributed by atoms with E-state index in [1.54, 1.807) is 0 Å². The summed E-state index contributed by atoms with van der Waals surface area (Å²) in [4.78, 5) is 0. The third-order valence-corrected chi connectivity index (χ3v) is 5.41. The highest BCUT2D eigenvalue weighted by atomic mass is 32.2. The van der Waals surface area contributed by atoms with Crippen LogP contribution in [0.25, 0.3) is 0 Å². The first-order valence-electron chi connectivity index (χ1n) is 6.27. The van der Waals surface area contributed by atoms with Crippen molar-refractivity contribution in [3.8, 4) is 0 Å². The molecular weight excluding hydrogens is 288 g/mol. The third kappa shape index (κ3) is 2.61. The first-order chi connectivity index (χ1) is 8.54. The molecule has 3 nitrogen and oxygen atoms in total. The van der Waals surface area contributed by atoms with Gasteiger partial charge in [-0.25, -0.2) is 0 Å². The van der Waals surface area contributed by atoms with Gasteiger partial charge in [0.2, 0.25) is 0 Å². The fraction of sp³-hybridized carbons (Fsp3) is 1.00. The summed E-state index contributed by atoms with van der Waals surface area (Å²) in [6, 6.07) is 0. The SMILES string of the molecule is O=S(=O)(O)C(F)(F)C(F)(F)CCC1CC2CCC1C2. The van der Waals surface area contributed by atoms with Crippen molar-refractivity contribution in [3.05, 3.63) is 0 Å². The van der Waals surface area contributed by atoms with Crippen LogP contribution in [0.1, 0.15) is 38.5 Å². The lowest BCUT2D eigenvalue weighted by molar-refractivity contribution is -0.166. The van der Waals surface area contributed by atoms with Gasteiger partial charge in [0.1, 0.15) is 0 Å². The van der Waals surface area contributed by atoms with Crippen LogP contribution in [0.2, 0.25) is 0 Å². The van der Waals surface area contributed by atoms with Gasteiger partial charge >= 0.3 is 21.3 Å². The Balaban J connectivity index is 1.98. The van der Waals surface area contributed by atoms with Gasteiger partial charge < -0.3 is 0 Å². The van der Waals surface area contributed by atoms with Crippen LogP contribution in [0, 0.1) is 17.8 Å². The minimum Gasteiger partial charge on any atom is -0.281 e. The van der Waals surface area contributed by atoms with Crippen molar-refractivity contribution in [2.45, 2.75) is 49.7 Å². The molecule has 1 N–H and O–H groups in total. The van der Waals surface area contributed by atoms with E-state index in [9.17, 15) is 26.0 Å². The van der Waals surface area contributed by atoms with Gasteiger partial charge in [-0.1, -0.05) is 6.42 Å². The maximum absolute atomic E-state index is 13.3. The smallest absolute Gasteiger partial charge is 0.281 e. The fourth-order valence-corrected chi connectivity index (χ4v) is 3.91. The average molecular weight is 304 g/mol. The van der Waals surface area contributed by atoms with Gasteiger partial charge in [-0.15, -0.1) is 0 Å². The van der Waals surface area contributed by atoms with Gasteiger partial charge in [0, 0.05) is 6.42 Å². The van der Waals surface area contributed by atoms with Crippen molar-refractivity contribution in [3.63, 3.8) is 0 Å². The molecule has 2 bridgehead atoms. The predicted octanol–water partition coefficient (Wildman–Crippen LogP) is 3.32. The summed E-state index contributed by atoms with van der Waals surface area (Å²) in [7, 11) is -6.10. The van der Waals surface area contributed by atoms with E-state index in [0.29, 0.717) is 11.8 Å². The normalized spacial score (nSPS) is 31.9. The van der Waals surface area contributed by atoms with E-state index in [2.05, 4.69) is 0 Å². The summed E-state index contributed by atoms with van der Waals surface area (Å²) < 4.78 is 81.5. The monoisotopic (exact) mass is 304 g/mol. The van der Waals surface area contributed by atoms with Gasteiger partial charge in [-0.3, -0.25) is 4.55 Å². The highest BCUT2D eigenvalue weighted by molar-refractivity contribution is 7.87. The number of hydrogen-bond donors (Lipinski definition) is 1. The third-order valence-electron chi connectivity index (χ3n) is 4.46. The quantitative estimate of drug-likeness (QED) is 0.626. The van der Waals surface area contributed by atoms with Crippen molar-refractivity contribution in [1.29, 1.82) is 0 Å². The van der Waals surface area contributed by atoms with E-state index in [0.717, 1.165) is 25.7 Å². The van der Waals surface area contributed by atoms with Crippen LogP contribution < -0.4 is 0 Å². The van der Waals surface area contributed by atoms with E-state index >= 15 is 0 Å². The zero-order valence-electron chi connectivity index (χ0n) is 10.2. The largest absolute Gasteiger partial charge is 0.431 e. The summed E-state index contributed by atoms with van der Waals surface area (Å²) in [6.45, 7) is 0. The standard InChI is InChI=1S/C11H16F4O3S/c12-10(13,11(14,15)19(16,17)18)4-3-9-6-7-1-2-8(9)5-7/h7-9H,1-6H2,(H,16,17,18). The second kappa shape index (κ2) is 4.58. The first kappa shape index (κ1) is 15.0. The lowest BCUT2D eigenvalue weighted by atomic mass is 9.85. The molecule has 19 heavy (non-hydrogen) atoms. The minimum atomic E-state index is -6.10. The summed E-state index contributed by atoms with van der Waals surface area (Å²) in [5.74, 6) is -3.95. The van der Waals surface area contributed by atoms with Crippen molar-refractivity contribution < 1.29 is 30.5 Å². The lowest BCUT2D eigenvalue weighted by Crippen LogP contribution is -2.47. The Kier molecular flexibility index (Phi) is 3.62. The molecular formula is C11H16F4O3S. The molecule has 0 aromatic carbocycles. The summed E-state index contributed by atoms with van der Waals surface area (Å²) in [5, 5.41) is -5.42. The Morgan fingerprint density at radius 3 is 2.16 bits per heavy atom. The Morgan fingerprint density at radius 2 is 1.74 bits per heavy atom. The summed E-state index contributed by atoms with van der Waals surface area (Å²) in [6.07, 6.45) is 2.39. The highest BCUT2D eigenvalue weighted by Gasteiger charge is 2.65. The maximum atomic E-state index is 13.3. The second-order valence-electron chi connectivity index (χ2n) is 5.67. The number of hydrogen-bond acceptors (Lipinski definition) is 2. The number of fused-ring (bicyclic) bond motifs is 2. The zero-order chi connectivity index (χ0) is 14.5. The van der Waals surface area contributed by atoms with Gasteiger partial charge in [-0.05, 0) is 43.4 Å². The molecule has 0 aromatic rings. The predicted molar refractivity (Wildman–Crippen MR) is 59.6 cm³/mol. The van der Waals surface area contributed by atoms with Gasteiger partial charge in [0.15, 0.2) is 0 Å². The molecule has 0 aromatic heterocycles. The van der Waals surface area contributed by atoms with E-state index in [-0.39, 0.29) is 12.3 Å². The van der Waals surface area contributed by atoms with Crippen molar-refractivity contribution >= 4 is 10.1 Å². The Bertz CT molecular complexity index is 449. The molecule has 0 spiro atoms. The Hall–Kier alpha value is -0.370. The summed E-state index contributed by atoms with van der Waals surface area (Å²) >= 11 is 0. The van der Waals surface area contributed by atoms with Crippen LogP contribution in [-0.4, -0.2) is 24.1 Å². The number of rotatable bonds is 5. The average Bonchev–Trinajstić information content (AvgIpc) is 2.86. The van der Waals surface area contributed by atoms with E-state index in [1.165, 1.54) is 0 Å². The molecule has 0 amide bonds. The van der Waals surface area contributed by atoms with Crippen LogP contribution in [0.4, 0.5) is 17.6 Å². The van der Waals surface area contributed by atoms with E-state index < -0.39 is 27.7 Å². The molecule has 0 radical (unpaired) electrons. The fourth-order valence-electron chi connectivity index (χ4n) is 3.43. The van der Waals surface area contributed by atoms with E-state index in [1.807, 2.05) is 0 Å². The minimum absolute atomic E-state index is 0.0261.